The molecule has 0 bridgehead atoms. The molecule has 35 heavy (non-hydrogen) atoms. The highest BCUT2D eigenvalue weighted by atomic mass is 32.2. The number of hydrogen-bond acceptors (Lipinski definition) is 10. The monoisotopic (exact) mass is 502 g/mol. The number of nitriles is 2. The van der Waals surface area contributed by atoms with Crippen LogP contribution in [0.15, 0.2) is 57.5 Å². The summed E-state index contributed by atoms with van der Waals surface area (Å²) >= 11 is 2.54. The summed E-state index contributed by atoms with van der Waals surface area (Å²) in [5, 5.41) is 24.7. The second kappa shape index (κ2) is 10.7. The van der Waals surface area contributed by atoms with Gasteiger partial charge in [-0.05, 0) is 36.4 Å². The molecule has 0 fully saturated rings. The fourth-order valence-electron chi connectivity index (χ4n) is 3.22. The van der Waals surface area contributed by atoms with Crippen molar-refractivity contribution in [3.8, 4) is 40.5 Å². The standard InChI is InChI=1S/C24H18N6O3S2/c1-32-15-6-4-14(5-7-15)18-13-35-24(28-18)29-20(31)8-10-34-23-17(12-26)21(19-3-2-9-33-19)16(11-25)22(27)30-23/h2-7,9,13H,8,10H2,1H3,(H2,27,30)(H,28,29,31). The Bertz CT molecular complexity index is 1430. The van der Waals surface area contributed by atoms with E-state index in [1.807, 2.05) is 35.7 Å². The molecule has 4 rings (SSSR count). The third-order valence-corrected chi connectivity index (χ3v) is 6.62. The van der Waals surface area contributed by atoms with Crippen LogP contribution in [0.5, 0.6) is 5.75 Å². The van der Waals surface area contributed by atoms with Gasteiger partial charge in [0.05, 0.1) is 30.2 Å². The minimum Gasteiger partial charge on any atom is -0.497 e. The molecule has 0 aliphatic carbocycles. The van der Waals surface area contributed by atoms with Crippen LogP contribution in [-0.4, -0.2) is 28.7 Å². The van der Waals surface area contributed by atoms with Gasteiger partial charge in [0.1, 0.15) is 40.1 Å². The third-order valence-electron chi connectivity index (χ3n) is 4.89. The number of anilines is 2. The average molecular weight is 503 g/mol. The first kappa shape index (κ1) is 23.8. The zero-order valence-electron chi connectivity index (χ0n) is 18.4. The summed E-state index contributed by atoms with van der Waals surface area (Å²) in [7, 11) is 1.61. The number of furan rings is 1. The summed E-state index contributed by atoms with van der Waals surface area (Å²) in [6.45, 7) is 0. The molecule has 0 spiro atoms. The molecule has 1 amide bonds. The number of thiazole rings is 1. The Morgan fingerprint density at radius 2 is 1.97 bits per heavy atom. The van der Waals surface area contributed by atoms with Gasteiger partial charge in [-0.15, -0.1) is 23.1 Å². The highest BCUT2D eigenvalue weighted by Crippen LogP contribution is 2.36. The Hall–Kier alpha value is -4.32. The first-order valence-corrected chi connectivity index (χ1v) is 12.1. The maximum atomic E-state index is 12.5. The number of thioether (sulfide) groups is 1. The Kier molecular flexibility index (Phi) is 7.31. The smallest absolute Gasteiger partial charge is 0.226 e. The summed E-state index contributed by atoms with van der Waals surface area (Å²) < 4.78 is 10.6. The van der Waals surface area contributed by atoms with Crippen molar-refractivity contribution < 1.29 is 13.9 Å². The number of aromatic nitrogens is 2. The van der Waals surface area contributed by atoms with Gasteiger partial charge in [-0.2, -0.15) is 10.5 Å². The van der Waals surface area contributed by atoms with Gasteiger partial charge in [0.25, 0.3) is 0 Å². The molecule has 0 saturated carbocycles. The fourth-order valence-corrected chi connectivity index (χ4v) is 4.89. The average Bonchev–Trinajstić information content (AvgIpc) is 3.56. The quantitative estimate of drug-likeness (QED) is 0.320. The molecule has 0 saturated heterocycles. The SMILES string of the molecule is COc1ccc(-c2csc(NC(=O)CCSc3nc(N)c(C#N)c(-c4ccco4)c3C#N)n2)cc1. The zero-order valence-corrected chi connectivity index (χ0v) is 20.1. The lowest BCUT2D eigenvalue weighted by Gasteiger charge is -2.11. The molecule has 0 aliphatic rings. The molecule has 9 nitrogen and oxygen atoms in total. The number of ether oxygens (including phenoxy) is 1. The topological polar surface area (TPSA) is 151 Å². The Morgan fingerprint density at radius 1 is 1.20 bits per heavy atom. The van der Waals surface area contributed by atoms with Crippen molar-refractivity contribution in [3.63, 3.8) is 0 Å². The van der Waals surface area contributed by atoms with Gasteiger partial charge in [0.15, 0.2) is 5.13 Å². The van der Waals surface area contributed by atoms with Gasteiger partial charge in [-0.3, -0.25) is 4.79 Å². The van der Waals surface area contributed by atoms with Gasteiger partial charge < -0.3 is 20.2 Å². The van der Waals surface area contributed by atoms with Crippen LogP contribution < -0.4 is 15.8 Å². The van der Waals surface area contributed by atoms with E-state index in [2.05, 4.69) is 21.4 Å². The Labute approximate surface area is 209 Å². The summed E-state index contributed by atoms with van der Waals surface area (Å²) in [6.07, 6.45) is 1.61. The van der Waals surface area contributed by atoms with E-state index >= 15 is 0 Å². The van der Waals surface area contributed by atoms with Gasteiger partial charge >= 0.3 is 0 Å². The number of benzene rings is 1. The first-order valence-electron chi connectivity index (χ1n) is 10.2. The van der Waals surface area contributed by atoms with E-state index in [1.54, 1.807) is 19.2 Å². The molecule has 11 heteroatoms. The molecule has 0 aliphatic heterocycles. The van der Waals surface area contributed by atoms with Gasteiger partial charge in [0, 0.05) is 23.1 Å². The van der Waals surface area contributed by atoms with Crippen LogP contribution in [0.25, 0.3) is 22.6 Å². The van der Waals surface area contributed by atoms with Crippen molar-refractivity contribution in [1.82, 2.24) is 9.97 Å². The van der Waals surface area contributed by atoms with E-state index in [9.17, 15) is 15.3 Å². The van der Waals surface area contributed by atoms with Crippen LogP contribution in [0.2, 0.25) is 0 Å². The van der Waals surface area contributed by atoms with E-state index in [-0.39, 0.29) is 29.3 Å². The molecule has 4 aromatic rings. The van der Waals surface area contributed by atoms with E-state index in [1.165, 1.54) is 29.4 Å². The lowest BCUT2D eigenvalue weighted by Crippen LogP contribution is -2.12. The molecular weight excluding hydrogens is 484 g/mol. The number of pyridine rings is 1. The molecule has 0 atom stereocenters. The summed E-state index contributed by atoms with van der Waals surface area (Å²) in [6, 6.07) is 14.9. The highest BCUT2D eigenvalue weighted by molar-refractivity contribution is 7.99. The normalized spacial score (nSPS) is 10.4. The first-order chi connectivity index (χ1) is 17.0. The number of nitrogens with two attached hydrogens (primary N) is 1. The number of rotatable bonds is 8. The molecular formula is C24H18N6O3S2. The summed E-state index contributed by atoms with van der Waals surface area (Å²) in [4.78, 5) is 21.1. The maximum absolute atomic E-state index is 12.5. The number of carbonyl (C=O) groups excluding carboxylic acids is 1. The van der Waals surface area contributed by atoms with E-state index in [4.69, 9.17) is 14.9 Å². The number of carbonyl (C=O) groups is 1. The molecule has 0 unspecified atom stereocenters. The van der Waals surface area contributed by atoms with Crippen molar-refractivity contribution in [3.05, 3.63) is 59.2 Å². The van der Waals surface area contributed by atoms with Crippen LogP contribution in [-0.2, 0) is 4.79 Å². The molecule has 1 aromatic carbocycles. The number of nitrogens with one attached hydrogen (secondary N) is 1. The van der Waals surface area contributed by atoms with Crippen LogP contribution in [0.4, 0.5) is 10.9 Å². The van der Waals surface area contributed by atoms with Gasteiger partial charge in [0.2, 0.25) is 5.91 Å². The maximum Gasteiger partial charge on any atom is 0.226 e. The summed E-state index contributed by atoms with van der Waals surface area (Å²) in [5.74, 6) is 1.22. The Balaban J connectivity index is 1.42. The van der Waals surface area contributed by atoms with Crippen molar-refractivity contribution in [2.75, 3.05) is 23.9 Å². The second-order valence-corrected chi connectivity index (χ2v) is 8.98. The molecule has 3 N–H and O–H groups in total. The van der Waals surface area contributed by atoms with E-state index in [0.29, 0.717) is 27.2 Å². The fraction of sp³-hybridized carbons (Fsp3) is 0.125. The highest BCUT2D eigenvalue weighted by Gasteiger charge is 2.22. The largest absolute Gasteiger partial charge is 0.497 e. The van der Waals surface area contributed by atoms with Crippen LogP contribution in [0.3, 0.4) is 0 Å². The second-order valence-electron chi connectivity index (χ2n) is 7.04. The number of methoxy groups -OCH3 is 1. The summed E-state index contributed by atoms with van der Waals surface area (Å²) in [5.41, 5.74) is 8.20. The molecule has 3 aromatic heterocycles. The number of hydrogen-bond donors (Lipinski definition) is 2. The lowest BCUT2D eigenvalue weighted by molar-refractivity contribution is -0.115. The van der Waals surface area contributed by atoms with E-state index in [0.717, 1.165) is 17.0 Å². The Morgan fingerprint density at radius 3 is 2.63 bits per heavy atom. The predicted octanol–water partition coefficient (Wildman–Crippen LogP) is 4.92. The van der Waals surface area contributed by atoms with Crippen LogP contribution in [0.1, 0.15) is 17.5 Å². The molecule has 174 valence electrons. The van der Waals surface area contributed by atoms with Gasteiger partial charge in [-0.1, -0.05) is 0 Å². The van der Waals surface area contributed by atoms with Crippen molar-refractivity contribution in [2.24, 2.45) is 0 Å². The minimum absolute atomic E-state index is 0.00121. The van der Waals surface area contributed by atoms with Crippen LogP contribution >= 0.6 is 23.1 Å². The number of amides is 1. The minimum atomic E-state index is -0.223. The van der Waals surface area contributed by atoms with E-state index < -0.39 is 0 Å². The third kappa shape index (κ3) is 5.27. The predicted molar refractivity (Wildman–Crippen MR) is 134 cm³/mol. The van der Waals surface area contributed by atoms with Crippen molar-refractivity contribution >= 4 is 40.0 Å². The van der Waals surface area contributed by atoms with Crippen LogP contribution in [0, 0.1) is 22.7 Å². The number of nitrogen functional groups attached to an aromatic ring is 1. The zero-order chi connectivity index (χ0) is 24.8. The number of nitrogens with zero attached hydrogens (tertiary/aromatic N) is 4. The van der Waals surface area contributed by atoms with Crippen molar-refractivity contribution in [2.45, 2.75) is 11.4 Å². The molecule has 0 radical (unpaired) electrons. The molecule has 3 heterocycles. The lowest BCUT2D eigenvalue weighted by atomic mass is 10.0. The van der Waals surface area contributed by atoms with Crippen molar-refractivity contribution in [1.29, 1.82) is 10.5 Å². The van der Waals surface area contributed by atoms with Gasteiger partial charge in [-0.25, -0.2) is 9.97 Å².